The average molecular weight is 356 g/mol. The molecule has 0 aliphatic rings. The lowest BCUT2D eigenvalue weighted by Crippen LogP contribution is -2.50. The molecule has 0 amide bonds. The van der Waals surface area contributed by atoms with Crippen molar-refractivity contribution in [3.8, 4) is 0 Å². The minimum atomic E-state index is -4.72. The maximum Gasteiger partial charge on any atom is 0.474 e. The topological polar surface area (TPSA) is 148 Å². The average Bonchev–Trinajstić information content (AvgIpc) is 2.43. The first kappa shape index (κ1) is 19.6. The van der Waals surface area contributed by atoms with Crippen LogP contribution < -0.4 is 20.1 Å². The van der Waals surface area contributed by atoms with Crippen molar-refractivity contribution < 1.29 is 27.5 Å². The van der Waals surface area contributed by atoms with Gasteiger partial charge in [0.2, 0.25) is 5.82 Å². The predicted molar refractivity (Wildman–Crippen MR) is 87.0 cm³/mol. The quantitative estimate of drug-likeness (QED) is 0.493. The van der Waals surface area contributed by atoms with Crippen molar-refractivity contribution >= 4 is 22.2 Å². The minimum Gasteiger partial charge on any atom is -0.870 e. The molecular weight excluding hydrogens is 336 g/mol. The zero-order valence-corrected chi connectivity index (χ0v) is 14.1. The lowest BCUT2D eigenvalue weighted by molar-refractivity contribution is -0.835. The first-order valence-corrected chi connectivity index (χ1v) is 8.28. The molecule has 10 heteroatoms. The van der Waals surface area contributed by atoms with E-state index in [9.17, 15) is 8.42 Å². The van der Waals surface area contributed by atoms with Crippen molar-refractivity contribution in [3.05, 3.63) is 47.2 Å². The van der Waals surface area contributed by atoms with Gasteiger partial charge in [-0.15, -0.1) is 4.98 Å². The summed E-state index contributed by atoms with van der Waals surface area (Å²) in [4.78, 5) is 3.90. The summed E-state index contributed by atoms with van der Waals surface area (Å²) in [6.07, 6.45) is 0.722. The molecule has 1 heterocycles. The Morgan fingerprint density at radius 1 is 1.33 bits per heavy atom. The van der Waals surface area contributed by atoms with Gasteiger partial charge in [-0.2, -0.15) is 8.42 Å². The third kappa shape index (κ3) is 5.33. The molecule has 1 aromatic heterocycles. The van der Waals surface area contributed by atoms with E-state index in [2.05, 4.69) is 14.6 Å². The Morgan fingerprint density at radius 3 is 2.62 bits per heavy atom. The first-order valence-electron chi connectivity index (χ1n) is 6.91. The molecule has 2 rings (SSSR count). The SMILES string of the molecule is Cc1cc(NCCc2ccccc2C)[n+](OS(=O)(=O)O)c(N)n1.[OH-]. The molecule has 132 valence electrons. The molecule has 0 saturated heterocycles. The third-order valence-corrected chi connectivity index (χ3v) is 3.53. The van der Waals surface area contributed by atoms with E-state index in [-0.39, 0.29) is 17.2 Å². The van der Waals surface area contributed by atoms with Crippen LogP contribution in [0.5, 0.6) is 0 Å². The van der Waals surface area contributed by atoms with Gasteiger partial charge in [-0.05, 0) is 36.1 Å². The van der Waals surface area contributed by atoms with Crippen LogP contribution in [0.4, 0.5) is 11.8 Å². The van der Waals surface area contributed by atoms with Crippen LogP contribution in [0, 0.1) is 13.8 Å². The highest BCUT2D eigenvalue weighted by molar-refractivity contribution is 7.80. The highest BCUT2D eigenvalue weighted by Crippen LogP contribution is 2.09. The monoisotopic (exact) mass is 356 g/mol. The van der Waals surface area contributed by atoms with Gasteiger partial charge in [0.25, 0.3) is 0 Å². The van der Waals surface area contributed by atoms with Gasteiger partial charge in [-0.25, -0.2) is 4.28 Å². The second-order valence-corrected chi connectivity index (χ2v) is 6.05. The van der Waals surface area contributed by atoms with Gasteiger partial charge in [-0.1, -0.05) is 24.3 Å². The maximum atomic E-state index is 10.9. The summed E-state index contributed by atoms with van der Waals surface area (Å²) in [6.45, 7) is 4.24. The van der Waals surface area contributed by atoms with Gasteiger partial charge in [0.1, 0.15) is 5.69 Å². The fourth-order valence-electron chi connectivity index (χ4n) is 2.15. The Morgan fingerprint density at radius 2 is 2.00 bits per heavy atom. The number of nitrogens with two attached hydrogens (primary N) is 1. The van der Waals surface area contributed by atoms with Crippen molar-refractivity contribution in [1.29, 1.82) is 0 Å². The van der Waals surface area contributed by atoms with E-state index in [0.29, 0.717) is 12.2 Å². The number of aromatic nitrogens is 2. The standard InChI is InChI=1S/C14H18N4O4S.H2O/c1-10-5-3-4-6-12(10)7-8-16-13-9-11(2)17-14(15)18(13)22-23(19,20)21;/h3-6,9H,7-8H2,1-2H3,(H3,15,16,17,19,20,21);1H2. The van der Waals surface area contributed by atoms with Crippen molar-refractivity contribution in [2.75, 3.05) is 17.6 Å². The number of hydrogen-bond donors (Lipinski definition) is 3. The van der Waals surface area contributed by atoms with Crippen LogP contribution in [0.15, 0.2) is 30.3 Å². The second-order valence-electron chi connectivity index (χ2n) is 5.04. The van der Waals surface area contributed by atoms with Gasteiger partial charge < -0.3 is 16.5 Å². The predicted octanol–water partition coefficient (Wildman–Crippen LogP) is 0.277. The zero-order chi connectivity index (χ0) is 17.0. The minimum absolute atomic E-state index is 0. The van der Waals surface area contributed by atoms with E-state index in [1.54, 1.807) is 13.0 Å². The van der Waals surface area contributed by atoms with Crippen molar-refractivity contribution in [2.45, 2.75) is 20.3 Å². The number of nitrogens with one attached hydrogen (secondary N) is 1. The Bertz CT molecular complexity index is 811. The molecule has 9 nitrogen and oxygen atoms in total. The van der Waals surface area contributed by atoms with Crippen LogP contribution in [0.1, 0.15) is 16.8 Å². The lowest BCUT2D eigenvalue weighted by atomic mass is 10.1. The van der Waals surface area contributed by atoms with Crippen LogP contribution in [0.3, 0.4) is 0 Å². The van der Waals surface area contributed by atoms with E-state index < -0.39 is 10.4 Å². The summed E-state index contributed by atoms with van der Waals surface area (Å²) in [5, 5.41) is 3.04. The van der Waals surface area contributed by atoms with Gasteiger partial charge >= 0.3 is 16.3 Å². The maximum absolute atomic E-state index is 10.9. The summed E-state index contributed by atoms with van der Waals surface area (Å²) < 4.78 is 35.9. The Kier molecular flexibility index (Phi) is 6.46. The van der Waals surface area contributed by atoms with Crippen LogP contribution in [0.2, 0.25) is 0 Å². The number of nitrogen functional groups attached to an aromatic ring is 1. The van der Waals surface area contributed by atoms with E-state index in [1.165, 1.54) is 11.1 Å². The van der Waals surface area contributed by atoms with Crippen molar-refractivity contribution in [3.63, 3.8) is 0 Å². The highest BCUT2D eigenvalue weighted by Gasteiger charge is 2.20. The first-order chi connectivity index (χ1) is 10.8. The summed E-state index contributed by atoms with van der Waals surface area (Å²) in [6, 6.07) is 9.53. The molecule has 2 aromatic rings. The van der Waals surface area contributed by atoms with Gasteiger partial charge in [0.15, 0.2) is 0 Å². The fourth-order valence-corrected chi connectivity index (χ4v) is 2.49. The largest absolute Gasteiger partial charge is 0.870 e. The molecule has 5 N–H and O–H groups in total. The smallest absolute Gasteiger partial charge is 0.474 e. The van der Waals surface area contributed by atoms with Crippen molar-refractivity contribution in [1.82, 2.24) is 4.98 Å². The number of benzene rings is 1. The van der Waals surface area contributed by atoms with Crippen LogP contribution in [-0.4, -0.2) is 30.0 Å². The van der Waals surface area contributed by atoms with Gasteiger partial charge in [0, 0.05) is 6.07 Å². The molecule has 0 saturated carbocycles. The van der Waals surface area contributed by atoms with Crippen LogP contribution in [0.25, 0.3) is 0 Å². The Balaban J connectivity index is 0.00000288. The van der Waals surface area contributed by atoms with Crippen LogP contribution in [-0.2, 0) is 16.8 Å². The van der Waals surface area contributed by atoms with E-state index >= 15 is 0 Å². The fraction of sp³-hybridized carbons (Fsp3) is 0.286. The summed E-state index contributed by atoms with van der Waals surface area (Å²) in [5.74, 6) is 0.0854. The summed E-state index contributed by atoms with van der Waals surface area (Å²) in [7, 11) is -4.72. The molecule has 0 fully saturated rings. The van der Waals surface area contributed by atoms with E-state index in [1.807, 2.05) is 31.2 Å². The molecule has 1 aromatic carbocycles. The van der Waals surface area contributed by atoms with Crippen LogP contribution >= 0.6 is 0 Å². The molecule has 0 atom stereocenters. The second kappa shape index (κ2) is 7.90. The number of aryl methyl sites for hydroxylation is 2. The van der Waals surface area contributed by atoms with Crippen molar-refractivity contribution in [2.24, 2.45) is 0 Å². The Hall–Kier alpha value is -2.43. The normalized spacial score (nSPS) is 10.8. The number of rotatable bonds is 6. The van der Waals surface area contributed by atoms with E-state index in [0.717, 1.165) is 11.2 Å². The number of anilines is 2. The Labute approximate surface area is 140 Å². The molecule has 0 aliphatic heterocycles. The summed E-state index contributed by atoms with van der Waals surface area (Å²) in [5.41, 5.74) is 8.56. The number of hydrogen-bond acceptors (Lipinski definition) is 7. The molecular formula is C14H20N4O5S. The van der Waals surface area contributed by atoms with Gasteiger partial charge in [0.05, 0.1) is 6.54 Å². The highest BCUT2D eigenvalue weighted by atomic mass is 32.3. The van der Waals surface area contributed by atoms with Gasteiger partial charge in [-0.3, -0.25) is 4.55 Å². The molecule has 0 bridgehead atoms. The number of nitrogens with zero attached hydrogens (tertiary/aromatic N) is 2. The zero-order valence-electron chi connectivity index (χ0n) is 13.3. The third-order valence-electron chi connectivity index (χ3n) is 3.19. The van der Waals surface area contributed by atoms with E-state index in [4.69, 9.17) is 10.3 Å². The molecule has 0 spiro atoms. The molecule has 0 aliphatic carbocycles. The molecule has 0 unspecified atom stereocenters. The lowest BCUT2D eigenvalue weighted by Gasteiger charge is -2.10. The molecule has 24 heavy (non-hydrogen) atoms. The summed E-state index contributed by atoms with van der Waals surface area (Å²) >= 11 is 0. The molecule has 0 radical (unpaired) electrons.